The molecule has 1 aromatic carbocycles. The summed E-state index contributed by atoms with van der Waals surface area (Å²) in [5.41, 5.74) is 1.80. The fourth-order valence-corrected chi connectivity index (χ4v) is 3.88. The van der Waals surface area contributed by atoms with E-state index in [1.54, 1.807) is 20.8 Å². The predicted molar refractivity (Wildman–Crippen MR) is 117 cm³/mol. The number of hydrogen-bond donors (Lipinski definition) is 3. The molecule has 9 heteroatoms. The monoisotopic (exact) mass is 426 g/mol. The molecule has 0 unspecified atom stereocenters. The molecule has 0 radical (unpaired) electrons. The van der Waals surface area contributed by atoms with Crippen molar-refractivity contribution in [3.8, 4) is 0 Å². The molecule has 2 amide bonds. The van der Waals surface area contributed by atoms with Gasteiger partial charge in [-0.2, -0.15) is 0 Å². The van der Waals surface area contributed by atoms with Crippen LogP contribution in [0, 0.1) is 0 Å². The van der Waals surface area contributed by atoms with Gasteiger partial charge in [0.15, 0.2) is 0 Å². The highest BCUT2D eigenvalue weighted by Gasteiger charge is 2.28. The topological polar surface area (TPSA) is 99.8 Å². The lowest BCUT2D eigenvalue weighted by Crippen LogP contribution is -2.45. The molecule has 1 aromatic rings. The first-order valence-corrected chi connectivity index (χ1v) is 11.5. The Morgan fingerprint density at radius 3 is 2.24 bits per heavy atom. The van der Waals surface area contributed by atoms with Gasteiger partial charge in [0.1, 0.15) is 0 Å². The minimum absolute atomic E-state index is 0.190. The number of amides is 2. The highest BCUT2D eigenvalue weighted by molar-refractivity contribution is 7.90. The van der Waals surface area contributed by atoms with Crippen LogP contribution in [-0.2, 0) is 14.8 Å². The lowest BCUT2D eigenvalue weighted by atomic mass is 10.2. The number of rotatable bonds is 7. The van der Waals surface area contributed by atoms with E-state index in [1.807, 2.05) is 24.3 Å². The molecule has 2 rings (SSSR count). The zero-order valence-corrected chi connectivity index (χ0v) is 18.8. The van der Waals surface area contributed by atoms with Crippen LogP contribution in [0.5, 0.6) is 0 Å². The Bertz CT molecular complexity index is 765. The molecule has 1 fully saturated rings. The molecule has 2 atom stereocenters. The van der Waals surface area contributed by atoms with E-state index in [2.05, 4.69) is 34.1 Å². The average molecular weight is 427 g/mol. The van der Waals surface area contributed by atoms with Gasteiger partial charge in [0, 0.05) is 37.6 Å². The summed E-state index contributed by atoms with van der Waals surface area (Å²) in [5.74, 6) is 0. The second kappa shape index (κ2) is 9.77. The maximum atomic E-state index is 12.0. The number of morpholine rings is 1. The van der Waals surface area contributed by atoms with Crippen molar-refractivity contribution in [2.75, 3.05) is 36.4 Å². The van der Waals surface area contributed by atoms with Gasteiger partial charge in [-0.15, -0.1) is 0 Å². The highest BCUT2D eigenvalue weighted by Crippen LogP contribution is 2.22. The fraction of sp³-hybridized carbons (Fsp3) is 0.650. The van der Waals surface area contributed by atoms with E-state index in [1.165, 1.54) is 0 Å². The summed E-state index contributed by atoms with van der Waals surface area (Å²) in [4.78, 5) is 14.3. The van der Waals surface area contributed by atoms with E-state index in [0.717, 1.165) is 18.8 Å². The Kier molecular flexibility index (Phi) is 7.90. The first-order valence-electron chi connectivity index (χ1n) is 10.0. The molecule has 0 aliphatic carbocycles. The number of nitrogens with zero attached hydrogens (tertiary/aromatic N) is 1. The number of carbonyl (C=O) groups is 1. The summed E-state index contributed by atoms with van der Waals surface area (Å²) in [6.07, 6.45) is 0.889. The molecule has 1 saturated heterocycles. The normalized spacial score (nSPS) is 20.4. The molecule has 1 aliphatic rings. The molecule has 0 saturated carbocycles. The van der Waals surface area contributed by atoms with Crippen LogP contribution in [-0.4, -0.2) is 57.6 Å². The van der Waals surface area contributed by atoms with Crippen molar-refractivity contribution >= 4 is 27.4 Å². The lowest BCUT2D eigenvalue weighted by Gasteiger charge is -2.36. The van der Waals surface area contributed by atoms with E-state index < -0.39 is 14.8 Å². The molecule has 29 heavy (non-hydrogen) atoms. The van der Waals surface area contributed by atoms with Crippen molar-refractivity contribution in [2.24, 2.45) is 0 Å². The Morgan fingerprint density at radius 1 is 1.10 bits per heavy atom. The largest absolute Gasteiger partial charge is 0.372 e. The van der Waals surface area contributed by atoms with Crippen molar-refractivity contribution < 1.29 is 17.9 Å². The number of ether oxygens (including phenoxy) is 1. The van der Waals surface area contributed by atoms with Gasteiger partial charge in [-0.25, -0.2) is 17.9 Å². The van der Waals surface area contributed by atoms with Gasteiger partial charge in [-0.3, -0.25) is 0 Å². The summed E-state index contributed by atoms with van der Waals surface area (Å²) in [7, 11) is -3.36. The number of benzene rings is 1. The molecule has 164 valence electrons. The smallest absolute Gasteiger partial charge is 0.319 e. The SMILES string of the molecule is C[C@@H]1CN(c2ccc(NC(=O)NCCCNS(=O)(=O)C(C)(C)C)cc2)C[C@H](C)O1. The van der Waals surface area contributed by atoms with Crippen molar-refractivity contribution in [1.82, 2.24) is 10.0 Å². The van der Waals surface area contributed by atoms with Gasteiger partial charge in [0.25, 0.3) is 0 Å². The molecule has 0 aromatic heterocycles. The third-order valence-electron chi connectivity index (χ3n) is 4.65. The third kappa shape index (κ3) is 7.17. The molecular weight excluding hydrogens is 392 g/mol. The van der Waals surface area contributed by atoms with Crippen LogP contribution in [0.3, 0.4) is 0 Å². The summed E-state index contributed by atoms with van der Waals surface area (Å²) in [6.45, 7) is 11.4. The van der Waals surface area contributed by atoms with Gasteiger partial charge in [-0.05, 0) is 65.3 Å². The molecule has 0 bridgehead atoms. The molecular formula is C20H34N4O4S. The van der Waals surface area contributed by atoms with Gasteiger partial charge in [0.05, 0.1) is 17.0 Å². The van der Waals surface area contributed by atoms with Crippen LogP contribution in [0.25, 0.3) is 0 Å². The number of nitrogens with one attached hydrogen (secondary N) is 3. The highest BCUT2D eigenvalue weighted by atomic mass is 32.2. The van der Waals surface area contributed by atoms with Crippen LogP contribution in [0.1, 0.15) is 41.0 Å². The van der Waals surface area contributed by atoms with Gasteiger partial charge >= 0.3 is 6.03 Å². The Labute approximate surface area is 174 Å². The number of hydrogen-bond acceptors (Lipinski definition) is 5. The van der Waals surface area contributed by atoms with Crippen molar-refractivity contribution in [3.05, 3.63) is 24.3 Å². The summed E-state index contributed by atoms with van der Waals surface area (Å²) >= 11 is 0. The summed E-state index contributed by atoms with van der Waals surface area (Å²) in [6, 6.07) is 7.41. The van der Waals surface area contributed by atoms with Crippen LogP contribution in [0.4, 0.5) is 16.2 Å². The standard InChI is InChI=1S/C20H34N4O4S/c1-15-13-24(14-16(2)28-15)18-9-7-17(8-10-18)23-19(25)21-11-6-12-22-29(26,27)20(3,4)5/h7-10,15-16,22H,6,11-14H2,1-5H3,(H2,21,23,25)/t15-,16+. The maximum Gasteiger partial charge on any atom is 0.319 e. The second-order valence-electron chi connectivity index (χ2n) is 8.45. The predicted octanol–water partition coefficient (Wildman–Crippen LogP) is 2.53. The van der Waals surface area contributed by atoms with Crippen LogP contribution >= 0.6 is 0 Å². The van der Waals surface area contributed by atoms with E-state index in [4.69, 9.17) is 4.74 Å². The number of urea groups is 1. The van der Waals surface area contributed by atoms with Crippen molar-refractivity contribution in [2.45, 2.75) is 58.0 Å². The van der Waals surface area contributed by atoms with E-state index in [-0.39, 0.29) is 24.8 Å². The zero-order valence-electron chi connectivity index (χ0n) is 18.0. The molecule has 8 nitrogen and oxygen atoms in total. The van der Waals surface area contributed by atoms with Crippen LogP contribution in [0.15, 0.2) is 24.3 Å². The van der Waals surface area contributed by atoms with Crippen molar-refractivity contribution in [3.63, 3.8) is 0 Å². The minimum atomic E-state index is -3.36. The first kappa shape index (κ1) is 23.4. The Hall–Kier alpha value is -1.84. The molecule has 1 aliphatic heterocycles. The first-order chi connectivity index (χ1) is 13.5. The van der Waals surface area contributed by atoms with Gasteiger partial charge in [-0.1, -0.05) is 0 Å². The van der Waals surface area contributed by atoms with Gasteiger partial charge < -0.3 is 20.3 Å². The fourth-order valence-electron chi connectivity index (χ4n) is 3.03. The van der Waals surface area contributed by atoms with E-state index >= 15 is 0 Å². The summed E-state index contributed by atoms with van der Waals surface area (Å²) in [5, 5.41) is 5.52. The maximum absolute atomic E-state index is 12.0. The number of carbonyl (C=O) groups excluding carboxylic acids is 1. The lowest BCUT2D eigenvalue weighted by molar-refractivity contribution is -0.00521. The second-order valence-corrected chi connectivity index (χ2v) is 11.0. The molecule has 1 heterocycles. The molecule has 3 N–H and O–H groups in total. The van der Waals surface area contributed by atoms with Gasteiger partial charge in [0.2, 0.25) is 10.0 Å². The number of anilines is 2. The quantitative estimate of drug-likeness (QED) is 0.582. The summed E-state index contributed by atoms with van der Waals surface area (Å²) < 4.78 is 31.4. The minimum Gasteiger partial charge on any atom is -0.372 e. The Morgan fingerprint density at radius 2 is 1.69 bits per heavy atom. The van der Waals surface area contributed by atoms with E-state index in [9.17, 15) is 13.2 Å². The Balaban J connectivity index is 1.73. The van der Waals surface area contributed by atoms with Crippen LogP contribution < -0.4 is 20.3 Å². The molecule has 0 spiro atoms. The number of sulfonamides is 1. The van der Waals surface area contributed by atoms with E-state index in [0.29, 0.717) is 18.7 Å². The van der Waals surface area contributed by atoms with Crippen molar-refractivity contribution in [1.29, 1.82) is 0 Å². The zero-order chi connectivity index (χ0) is 21.7. The third-order valence-corrected chi connectivity index (χ3v) is 6.84. The average Bonchev–Trinajstić information content (AvgIpc) is 2.60. The van der Waals surface area contributed by atoms with Crippen LogP contribution in [0.2, 0.25) is 0 Å².